The zero-order valence-electron chi connectivity index (χ0n) is 21.9. The van der Waals surface area contributed by atoms with Gasteiger partial charge in [0.05, 0.1) is 13.2 Å². The number of rotatable bonds is 11. The molecule has 35 heavy (non-hydrogen) atoms. The minimum atomic E-state index is -0.458. The van der Waals surface area contributed by atoms with Gasteiger partial charge in [-0.3, -0.25) is 0 Å². The average Bonchev–Trinajstić information content (AvgIpc) is 2.90. The Kier molecular flexibility index (Phi) is 10.2. The monoisotopic (exact) mass is 480 g/mol. The maximum atomic E-state index is 15.1. The molecular formula is C32H45FO2. The molecule has 0 radical (unpaired) electrons. The van der Waals surface area contributed by atoms with Crippen LogP contribution >= 0.6 is 0 Å². The third-order valence-corrected chi connectivity index (χ3v) is 8.20. The van der Waals surface area contributed by atoms with Crippen LogP contribution in [0.5, 0.6) is 0 Å². The van der Waals surface area contributed by atoms with Gasteiger partial charge >= 0.3 is 0 Å². The zero-order valence-corrected chi connectivity index (χ0v) is 21.9. The topological polar surface area (TPSA) is 18.5 Å². The van der Waals surface area contributed by atoms with E-state index in [1.165, 1.54) is 76.2 Å². The van der Waals surface area contributed by atoms with Crippen molar-refractivity contribution >= 4 is 0 Å². The Morgan fingerprint density at radius 2 is 1.31 bits per heavy atom. The van der Waals surface area contributed by atoms with E-state index in [-0.39, 0.29) is 5.82 Å². The van der Waals surface area contributed by atoms with Crippen molar-refractivity contribution in [2.24, 2.45) is 11.8 Å². The average molecular weight is 481 g/mol. The van der Waals surface area contributed by atoms with E-state index in [0.29, 0.717) is 30.6 Å². The fourth-order valence-electron chi connectivity index (χ4n) is 5.90. The van der Waals surface area contributed by atoms with Gasteiger partial charge in [0.1, 0.15) is 5.82 Å². The molecule has 0 N–H and O–H groups in total. The molecule has 1 saturated carbocycles. The minimum Gasteiger partial charge on any atom is -0.348 e. The van der Waals surface area contributed by atoms with Crippen LogP contribution in [-0.4, -0.2) is 13.2 Å². The summed E-state index contributed by atoms with van der Waals surface area (Å²) in [4.78, 5) is 0. The predicted octanol–water partition coefficient (Wildman–Crippen LogP) is 9.59. The molecule has 0 atom stereocenters. The molecule has 192 valence electrons. The lowest BCUT2D eigenvalue weighted by Gasteiger charge is -2.30. The number of benzene rings is 2. The quantitative estimate of drug-likeness (QED) is 0.298. The Balaban J connectivity index is 1.30. The Labute approximate surface area is 212 Å². The van der Waals surface area contributed by atoms with Crippen molar-refractivity contribution < 1.29 is 13.9 Å². The van der Waals surface area contributed by atoms with Gasteiger partial charge in [0.2, 0.25) is 0 Å². The standard InChI is InChI=1S/C32H45FO2/c1-3-5-7-9-24-11-13-26(14-12-24)27-15-17-28(18-16-27)30-20-19-29(21-31(30)33)32-34-22-25(23-35-32)10-8-6-4-2/h15-21,24-26,32H,3-14,22-23H2,1-2H3/t24?,25-,26?,32-. The zero-order chi connectivity index (χ0) is 24.5. The summed E-state index contributed by atoms with van der Waals surface area (Å²) in [5.41, 5.74) is 3.77. The molecule has 3 heteroatoms. The highest BCUT2D eigenvalue weighted by Gasteiger charge is 2.25. The van der Waals surface area contributed by atoms with E-state index in [0.717, 1.165) is 23.5 Å². The third-order valence-electron chi connectivity index (χ3n) is 8.20. The number of ether oxygens (including phenoxy) is 2. The summed E-state index contributed by atoms with van der Waals surface area (Å²) in [6.45, 7) is 5.89. The summed E-state index contributed by atoms with van der Waals surface area (Å²) in [6.07, 6.45) is 15.2. The van der Waals surface area contributed by atoms with Crippen LogP contribution in [-0.2, 0) is 9.47 Å². The molecule has 1 aliphatic heterocycles. The van der Waals surface area contributed by atoms with Crippen molar-refractivity contribution in [2.45, 2.75) is 103 Å². The van der Waals surface area contributed by atoms with Crippen LogP contribution < -0.4 is 0 Å². The van der Waals surface area contributed by atoms with Crippen LogP contribution in [0.25, 0.3) is 11.1 Å². The summed E-state index contributed by atoms with van der Waals surface area (Å²) >= 11 is 0. The van der Waals surface area contributed by atoms with E-state index < -0.39 is 6.29 Å². The molecule has 0 aromatic heterocycles. The molecule has 1 heterocycles. The summed E-state index contributed by atoms with van der Waals surface area (Å²) < 4.78 is 27.0. The molecule has 2 nitrogen and oxygen atoms in total. The lowest BCUT2D eigenvalue weighted by molar-refractivity contribution is -0.206. The van der Waals surface area contributed by atoms with Gasteiger partial charge in [0.15, 0.2) is 6.29 Å². The molecule has 0 bridgehead atoms. The van der Waals surface area contributed by atoms with Crippen molar-refractivity contribution in [3.05, 3.63) is 59.4 Å². The molecule has 1 aliphatic carbocycles. The lowest BCUT2D eigenvalue weighted by Crippen LogP contribution is -2.27. The molecular weight excluding hydrogens is 435 g/mol. The first-order valence-corrected chi connectivity index (χ1v) is 14.3. The Morgan fingerprint density at radius 1 is 0.714 bits per heavy atom. The second-order valence-corrected chi connectivity index (χ2v) is 10.9. The number of halogens is 1. The fraction of sp³-hybridized carbons (Fsp3) is 0.625. The van der Waals surface area contributed by atoms with Crippen LogP contribution in [0.3, 0.4) is 0 Å². The molecule has 4 rings (SSSR count). The van der Waals surface area contributed by atoms with Crippen LogP contribution in [0.2, 0.25) is 0 Å². The van der Waals surface area contributed by atoms with Gasteiger partial charge in [-0.15, -0.1) is 0 Å². The summed E-state index contributed by atoms with van der Waals surface area (Å²) in [7, 11) is 0. The van der Waals surface area contributed by atoms with Gasteiger partial charge in [-0.25, -0.2) is 4.39 Å². The van der Waals surface area contributed by atoms with Gasteiger partial charge in [0, 0.05) is 17.0 Å². The Morgan fingerprint density at radius 3 is 1.91 bits per heavy atom. The largest absolute Gasteiger partial charge is 0.348 e. The molecule has 2 fully saturated rings. The predicted molar refractivity (Wildman–Crippen MR) is 143 cm³/mol. The molecule has 0 unspecified atom stereocenters. The van der Waals surface area contributed by atoms with Gasteiger partial charge in [-0.1, -0.05) is 95.2 Å². The van der Waals surface area contributed by atoms with Crippen LogP contribution in [0.1, 0.15) is 114 Å². The number of unbranched alkanes of at least 4 members (excludes halogenated alkanes) is 4. The first-order chi connectivity index (χ1) is 17.2. The van der Waals surface area contributed by atoms with Gasteiger partial charge in [-0.2, -0.15) is 0 Å². The summed E-state index contributed by atoms with van der Waals surface area (Å²) in [5.74, 6) is 1.83. The normalized spacial score (nSPS) is 25.0. The second-order valence-electron chi connectivity index (χ2n) is 10.9. The van der Waals surface area contributed by atoms with E-state index in [2.05, 4.69) is 38.1 Å². The molecule has 0 amide bonds. The van der Waals surface area contributed by atoms with Crippen LogP contribution in [0, 0.1) is 17.7 Å². The molecule has 0 spiro atoms. The van der Waals surface area contributed by atoms with Crippen molar-refractivity contribution in [3.8, 4) is 11.1 Å². The molecule has 1 saturated heterocycles. The highest BCUT2D eigenvalue weighted by molar-refractivity contribution is 5.65. The van der Waals surface area contributed by atoms with Crippen molar-refractivity contribution in [2.75, 3.05) is 13.2 Å². The summed E-state index contributed by atoms with van der Waals surface area (Å²) in [5, 5.41) is 0. The van der Waals surface area contributed by atoms with E-state index in [1.54, 1.807) is 6.07 Å². The van der Waals surface area contributed by atoms with Crippen molar-refractivity contribution in [1.29, 1.82) is 0 Å². The maximum absolute atomic E-state index is 15.1. The van der Waals surface area contributed by atoms with Crippen molar-refractivity contribution in [1.82, 2.24) is 0 Å². The van der Waals surface area contributed by atoms with E-state index in [4.69, 9.17) is 9.47 Å². The third kappa shape index (κ3) is 7.40. The van der Waals surface area contributed by atoms with Crippen LogP contribution in [0.4, 0.5) is 4.39 Å². The maximum Gasteiger partial charge on any atom is 0.183 e. The van der Waals surface area contributed by atoms with E-state index >= 15 is 4.39 Å². The lowest BCUT2D eigenvalue weighted by atomic mass is 9.77. The molecule has 2 aromatic carbocycles. The highest BCUT2D eigenvalue weighted by Crippen LogP contribution is 2.38. The SMILES string of the molecule is CCCCCC1CCC(c2ccc(-c3ccc([C@H]4OC[C@H](CCCCC)CO4)cc3F)cc2)CC1. The first-order valence-electron chi connectivity index (χ1n) is 14.3. The molecule has 2 aliphatic rings. The highest BCUT2D eigenvalue weighted by atomic mass is 19.1. The fourth-order valence-corrected chi connectivity index (χ4v) is 5.90. The van der Waals surface area contributed by atoms with Gasteiger partial charge < -0.3 is 9.47 Å². The van der Waals surface area contributed by atoms with Crippen molar-refractivity contribution in [3.63, 3.8) is 0 Å². The summed E-state index contributed by atoms with van der Waals surface area (Å²) in [6, 6.07) is 14.0. The van der Waals surface area contributed by atoms with Gasteiger partial charge in [-0.05, 0) is 61.1 Å². The second kappa shape index (κ2) is 13.6. The van der Waals surface area contributed by atoms with E-state index in [1.807, 2.05) is 12.1 Å². The Hall–Kier alpha value is -1.71. The number of hydrogen-bond acceptors (Lipinski definition) is 2. The Bertz CT molecular complexity index is 877. The minimum absolute atomic E-state index is 0.208. The molecule has 2 aromatic rings. The van der Waals surface area contributed by atoms with Crippen LogP contribution in [0.15, 0.2) is 42.5 Å². The first kappa shape index (κ1) is 26.4. The smallest absolute Gasteiger partial charge is 0.183 e. The number of hydrogen-bond donors (Lipinski definition) is 0. The van der Waals surface area contributed by atoms with E-state index in [9.17, 15) is 0 Å². The van der Waals surface area contributed by atoms with Gasteiger partial charge in [0.25, 0.3) is 0 Å².